The lowest BCUT2D eigenvalue weighted by Gasteiger charge is -2.21. The number of benzene rings is 6. The van der Waals surface area contributed by atoms with E-state index in [4.69, 9.17) is 4.98 Å². The van der Waals surface area contributed by atoms with Crippen LogP contribution in [0.5, 0.6) is 0 Å². The average Bonchev–Trinajstić information content (AvgIpc) is 2.95. The van der Waals surface area contributed by atoms with E-state index < -0.39 is 0 Å². The van der Waals surface area contributed by atoms with E-state index in [0.29, 0.717) is 0 Å². The number of fused-ring (bicyclic) bond motifs is 5. The molecule has 0 N–H and O–H groups in total. The molecule has 1 heterocycles. The smallest absolute Gasteiger partial charge is 0.0708 e. The summed E-state index contributed by atoms with van der Waals surface area (Å²) in [6.45, 7) is 6.80. The van der Waals surface area contributed by atoms with Gasteiger partial charge in [0.2, 0.25) is 0 Å². The Kier molecular flexibility index (Phi) is 5.09. The number of hydrogen-bond donors (Lipinski definition) is 0. The van der Waals surface area contributed by atoms with Crippen molar-refractivity contribution in [3.63, 3.8) is 0 Å². The highest BCUT2D eigenvalue weighted by Crippen LogP contribution is 2.47. The van der Waals surface area contributed by atoms with E-state index in [1.807, 2.05) is 0 Å². The van der Waals surface area contributed by atoms with Gasteiger partial charge in [0, 0.05) is 22.4 Å². The van der Waals surface area contributed by atoms with Gasteiger partial charge in [0.15, 0.2) is 0 Å². The maximum Gasteiger partial charge on any atom is 0.0708 e. The van der Waals surface area contributed by atoms with Gasteiger partial charge in [0.05, 0.1) is 5.52 Å². The molecule has 0 unspecified atom stereocenters. The van der Waals surface area contributed by atoms with Crippen molar-refractivity contribution >= 4 is 43.2 Å². The second kappa shape index (κ2) is 8.53. The molecule has 0 radical (unpaired) electrons. The normalized spacial score (nSPS) is 12.1. The first-order valence-corrected chi connectivity index (χ1v) is 13.3. The molecule has 38 heavy (non-hydrogen) atoms. The fourth-order valence-corrected chi connectivity index (χ4v) is 5.97. The Morgan fingerprint density at radius 3 is 1.84 bits per heavy atom. The minimum Gasteiger partial charge on any atom is -0.256 e. The zero-order chi connectivity index (χ0) is 25.9. The summed E-state index contributed by atoms with van der Waals surface area (Å²) < 4.78 is 0. The summed E-state index contributed by atoms with van der Waals surface area (Å²) in [5, 5.41) is 8.68. The van der Waals surface area contributed by atoms with E-state index >= 15 is 0 Å². The SMILES string of the molecule is CC(C)(C)c1ccc(-c2c3ccccc3c(-c3cccc4ccccc34)c3c2cnc2ccccc23)cc1. The molecular formula is C37H29N. The minimum atomic E-state index is 0.110. The van der Waals surface area contributed by atoms with Crippen LogP contribution in [0.2, 0.25) is 0 Å². The topological polar surface area (TPSA) is 12.9 Å². The minimum absolute atomic E-state index is 0.110. The Hall–Kier alpha value is -4.49. The molecule has 0 atom stereocenters. The van der Waals surface area contributed by atoms with Gasteiger partial charge in [-0.3, -0.25) is 4.98 Å². The Balaban J connectivity index is 1.69. The van der Waals surface area contributed by atoms with E-state index in [9.17, 15) is 0 Å². The lowest BCUT2D eigenvalue weighted by atomic mass is 9.82. The zero-order valence-electron chi connectivity index (χ0n) is 22.0. The molecule has 1 heteroatoms. The highest BCUT2D eigenvalue weighted by molar-refractivity contribution is 6.28. The molecule has 0 spiro atoms. The molecule has 7 aromatic rings. The van der Waals surface area contributed by atoms with Crippen molar-refractivity contribution in [2.45, 2.75) is 26.2 Å². The average molecular weight is 488 g/mol. The van der Waals surface area contributed by atoms with Gasteiger partial charge in [-0.2, -0.15) is 0 Å². The van der Waals surface area contributed by atoms with E-state index in [2.05, 4.69) is 142 Å². The maximum atomic E-state index is 4.96. The number of nitrogens with zero attached hydrogens (tertiary/aromatic N) is 1. The fraction of sp³-hybridized carbons (Fsp3) is 0.108. The highest BCUT2D eigenvalue weighted by atomic mass is 14.6. The summed E-state index contributed by atoms with van der Waals surface area (Å²) in [6.07, 6.45) is 2.09. The predicted molar refractivity (Wildman–Crippen MR) is 164 cm³/mol. The first-order chi connectivity index (χ1) is 18.5. The van der Waals surface area contributed by atoms with Crippen LogP contribution in [0.15, 0.2) is 121 Å². The highest BCUT2D eigenvalue weighted by Gasteiger charge is 2.21. The van der Waals surface area contributed by atoms with Crippen LogP contribution >= 0.6 is 0 Å². The molecule has 0 aliphatic heterocycles. The predicted octanol–water partition coefficient (Wildman–Crippen LogP) is 10.3. The van der Waals surface area contributed by atoms with Crippen molar-refractivity contribution in [2.75, 3.05) is 0 Å². The summed E-state index contributed by atoms with van der Waals surface area (Å²) in [7, 11) is 0. The molecule has 0 aliphatic carbocycles. The van der Waals surface area contributed by atoms with Gasteiger partial charge in [0.1, 0.15) is 0 Å². The molecule has 0 amide bonds. The van der Waals surface area contributed by atoms with E-state index in [-0.39, 0.29) is 5.41 Å². The standard InChI is InChI=1S/C37H29N/c1-37(2,3)26-21-19-25(20-22-26)34-29-14-6-7-15-30(29)35(28-17-10-12-24-11-4-5-13-27(24)28)36-31-16-8-9-18-33(31)38-23-32(34)36/h4-23H,1-3H3. The lowest BCUT2D eigenvalue weighted by Crippen LogP contribution is -2.10. The van der Waals surface area contributed by atoms with Crippen LogP contribution < -0.4 is 0 Å². The monoisotopic (exact) mass is 487 g/mol. The van der Waals surface area contributed by atoms with Crippen molar-refractivity contribution in [3.8, 4) is 22.3 Å². The quantitative estimate of drug-likeness (QED) is 0.175. The van der Waals surface area contributed by atoms with Crippen molar-refractivity contribution in [2.24, 2.45) is 0 Å². The van der Waals surface area contributed by atoms with E-state index in [1.165, 1.54) is 65.5 Å². The van der Waals surface area contributed by atoms with E-state index in [1.54, 1.807) is 0 Å². The molecule has 0 fully saturated rings. The van der Waals surface area contributed by atoms with Crippen LogP contribution in [-0.2, 0) is 5.41 Å². The number of rotatable bonds is 2. The zero-order valence-corrected chi connectivity index (χ0v) is 22.0. The molecular weight excluding hydrogens is 458 g/mol. The first-order valence-electron chi connectivity index (χ1n) is 13.3. The van der Waals surface area contributed by atoms with Gasteiger partial charge in [-0.25, -0.2) is 0 Å². The Morgan fingerprint density at radius 2 is 1.11 bits per heavy atom. The number of aromatic nitrogens is 1. The summed E-state index contributed by atoms with van der Waals surface area (Å²) >= 11 is 0. The lowest BCUT2D eigenvalue weighted by molar-refractivity contribution is 0.590. The molecule has 0 aliphatic rings. The second-order valence-corrected chi connectivity index (χ2v) is 11.2. The largest absolute Gasteiger partial charge is 0.256 e. The van der Waals surface area contributed by atoms with Gasteiger partial charge in [-0.15, -0.1) is 0 Å². The number of hydrogen-bond acceptors (Lipinski definition) is 1. The van der Waals surface area contributed by atoms with Crippen molar-refractivity contribution < 1.29 is 0 Å². The van der Waals surface area contributed by atoms with Crippen LogP contribution in [-0.4, -0.2) is 4.98 Å². The third kappa shape index (κ3) is 3.50. The van der Waals surface area contributed by atoms with Crippen molar-refractivity contribution in [1.29, 1.82) is 0 Å². The second-order valence-electron chi connectivity index (χ2n) is 11.2. The molecule has 0 bridgehead atoms. The van der Waals surface area contributed by atoms with Crippen molar-refractivity contribution in [1.82, 2.24) is 4.98 Å². The van der Waals surface area contributed by atoms with Gasteiger partial charge in [0.25, 0.3) is 0 Å². The molecule has 182 valence electrons. The van der Waals surface area contributed by atoms with Gasteiger partial charge in [-0.05, 0) is 60.8 Å². The maximum absolute atomic E-state index is 4.96. The van der Waals surface area contributed by atoms with Crippen LogP contribution in [0.4, 0.5) is 0 Å². The van der Waals surface area contributed by atoms with Gasteiger partial charge >= 0.3 is 0 Å². The number of para-hydroxylation sites is 1. The summed E-state index contributed by atoms with van der Waals surface area (Å²) in [4.78, 5) is 4.96. The Labute approximate surface area is 223 Å². The molecule has 0 saturated heterocycles. The summed E-state index contributed by atoms with van der Waals surface area (Å²) in [5.74, 6) is 0. The Bertz CT molecular complexity index is 1980. The van der Waals surface area contributed by atoms with Crippen LogP contribution in [0.25, 0.3) is 65.5 Å². The number of pyridine rings is 1. The van der Waals surface area contributed by atoms with Crippen LogP contribution in [0.1, 0.15) is 26.3 Å². The summed E-state index contributed by atoms with van der Waals surface area (Å²) in [5.41, 5.74) is 7.48. The van der Waals surface area contributed by atoms with E-state index in [0.717, 1.165) is 5.52 Å². The third-order valence-corrected chi connectivity index (χ3v) is 7.86. The first kappa shape index (κ1) is 22.7. The molecule has 6 aromatic carbocycles. The molecule has 0 saturated carbocycles. The molecule has 7 rings (SSSR count). The van der Waals surface area contributed by atoms with Crippen LogP contribution in [0, 0.1) is 0 Å². The van der Waals surface area contributed by atoms with Crippen LogP contribution in [0.3, 0.4) is 0 Å². The molecule has 1 aromatic heterocycles. The Morgan fingerprint density at radius 1 is 0.500 bits per heavy atom. The molecule has 1 nitrogen and oxygen atoms in total. The van der Waals surface area contributed by atoms with Crippen molar-refractivity contribution in [3.05, 3.63) is 127 Å². The summed E-state index contributed by atoms with van der Waals surface area (Å²) in [6, 6.07) is 41.9. The van der Waals surface area contributed by atoms with Gasteiger partial charge < -0.3 is 0 Å². The third-order valence-electron chi connectivity index (χ3n) is 7.86. The fourth-order valence-electron chi connectivity index (χ4n) is 5.97. The van der Waals surface area contributed by atoms with Gasteiger partial charge in [-0.1, -0.05) is 130 Å².